The lowest BCUT2D eigenvalue weighted by Gasteiger charge is -2.12. The minimum Gasteiger partial charge on any atom is -0.466 e. The van der Waals surface area contributed by atoms with Crippen LogP contribution in [0.25, 0.3) is 0 Å². The van der Waals surface area contributed by atoms with Crippen molar-refractivity contribution in [2.75, 3.05) is 13.1 Å². The first-order chi connectivity index (χ1) is 19.4. The fourth-order valence-corrected chi connectivity index (χ4v) is 3.90. The Kier molecular flexibility index (Phi) is 11.7. The van der Waals surface area contributed by atoms with E-state index < -0.39 is 35.7 Å². The number of fused-ring (bicyclic) bond motifs is 1. The monoisotopic (exact) mass is 629 g/mol. The van der Waals surface area contributed by atoms with Crippen molar-refractivity contribution in [3.8, 4) is 0 Å². The molecule has 2 aromatic heterocycles. The van der Waals surface area contributed by atoms with Gasteiger partial charge in [0.05, 0.1) is 11.3 Å². The molecular formula is C28H24Cl2F4N2O4P+. The quantitative estimate of drug-likeness (QED) is 0.178. The SMILES string of the molecule is Cc1cc2c(o1)CCN=C2c1ccc(F)cc1F.Cc1ccc(CCNC(=O)c2ccc(F)cc2F)o1.O=[P+](Cl)Cl. The highest BCUT2D eigenvalue weighted by atomic mass is 35.9. The summed E-state index contributed by atoms with van der Waals surface area (Å²) in [6, 6.07) is 11.9. The zero-order valence-corrected chi connectivity index (χ0v) is 24.2. The number of furan rings is 2. The molecule has 1 amide bonds. The molecule has 0 aliphatic carbocycles. The van der Waals surface area contributed by atoms with E-state index in [1.54, 1.807) is 0 Å². The third-order valence-corrected chi connectivity index (χ3v) is 5.61. The molecular weight excluding hydrogens is 606 g/mol. The number of hydrogen-bond donors (Lipinski definition) is 1. The molecule has 13 heteroatoms. The number of nitrogens with zero attached hydrogens (tertiary/aromatic N) is 1. The van der Waals surface area contributed by atoms with Gasteiger partial charge in [-0.2, -0.15) is 0 Å². The smallest absolute Gasteiger partial charge is 0.466 e. The number of amides is 1. The molecule has 3 heterocycles. The maximum atomic E-state index is 13.8. The summed E-state index contributed by atoms with van der Waals surface area (Å²) in [4.78, 5) is 16.0. The molecule has 41 heavy (non-hydrogen) atoms. The lowest BCUT2D eigenvalue weighted by molar-refractivity contribution is 0.0949. The van der Waals surface area contributed by atoms with E-state index in [0.29, 0.717) is 36.9 Å². The molecule has 0 saturated carbocycles. The molecule has 5 rings (SSSR count). The first-order valence-corrected chi connectivity index (χ1v) is 15.2. The van der Waals surface area contributed by atoms with E-state index >= 15 is 0 Å². The Labute approximate surface area is 243 Å². The van der Waals surface area contributed by atoms with Crippen molar-refractivity contribution >= 4 is 40.6 Å². The topological polar surface area (TPSA) is 84.8 Å². The van der Waals surface area contributed by atoms with Crippen LogP contribution in [-0.2, 0) is 17.4 Å². The summed E-state index contributed by atoms with van der Waals surface area (Å²) < 4.78 is 72.7. The van der Waals surface area contributed by atoms with Crippen molar-refractivity contribution in [2.24, 2.45) is 4.99 Å². The standard InChI is InChI=1S/C14H13F2NO2.C14H11F2NO.Cl2OP/c1-9-2-4-11(19-9)6-7-17-14(18)12-5-3-10(15)8-13(12)16;1-8-6-11-13(18-8)4-5-17-14(11)10-3-2-9(15)7-12(10)16;1-4(2)3/h2-5,8H,6-7H2,1H3,(H,17,18);2-3,6-7H,4-5H2,1H3;/q;;+1. The van der Waals surface area contributed by atoms with Crippen molar-refractivity contribution in [1.82, 2.24) is 5.32 Å². The summed E-state index contributed by atoms with van der Waals surface area (Å²) in [7, 11) is 0. The van der Waals surface area contributed by atoms with Crippen molar-refractivity contribution in [2.45, 2.75) is 26.7 Å². The van der Waals surface area contributed by atoms with E-state index in [9.17, 15) is 22.4 Å². The molecule has 0 unspecified atom stereocenters. The predicted octanol–water partition coefficient (Wildman–Crippen LogP) is 8.22. The van der Waals surface area contributed by atoms with Gasteiger partial charge in [0.2, 0.25) is 22.5 Å². The lowest BCUT2D eigenvalue weighted by atomic mass is 9.98. The third-order valence-electron chi connectivity index (χ3n) is 5.61. The van der Waals surface area contributed by atoms with Gasteiger partial charge in [-0.3, -0.25) is 9.79 Å². The summed E-state index contributed by atoms with van der Waals surface area (Å²) >= 11 is 9.10. The Hall–Kier alpha value is -3.46. The maximum absolute atomic E-state index is 13.8. The Morgan fingerprint density at radius 2 is 1.56 bits per heavy atom. The zero-order valence-electron chi connectivity index (χ0n) is 21.8. The molecule has 0 spiro atoms. The highest BCUT2D eigenvalue weighted by Gasteiger charge is 2.22. The number of aliphatic imine (C=N–C) groups is 1. The van der Waals surface area contributed by atoms with Crippen LogP contribution in [0.4, 0.5) is 17.6 Å². The summed E-state index contributed by atoms with van der Waals surface area (Å²) in [5, 5.41) is 2.56. The molecule has 4 aromatic rings. The van der Waals surface area contributed by atoms with E-state index in [0.717, 1.165) is 53.2 Å². The van der Waals surface area contributed by atoms with Gasteiger partial charge in [-0.25, -0.2) is 17.6 Å². The molecule has 6 nitrogen and oxygen atoms in total. The lowest BCUT2D eigenvalue weighted by Crippen LogP contribution is -2.26. The molecule has 0 radical (unpaired) electrons. The van der Waals surface area contributed by atoms with Crippen molar-refractivity contribution in [1.29, 1.82) is 0 Å². The van der Waals surface area contributed by atoms with Crippen LogP contribution < -0.4 is 5.32 Å². The first-order valence-electron chi connectivity index (χ1n) is 12.1. The number of rotatable bonds is 5. The largest absolute Gasteiger partial charge is 0.575 e. The van der Waals surface area contributed by atoms with Crippen molar-refractivity contribution in [3.05, 3.63) is 118 Å². The molecule has 0 bridgehead atoms. The maximum Gasteiger partial charge on any atom is 0.575 e. The van der Waals surface area contributed by atoms with Crippen LogP contribution in [0.15, 0.2) is 68.4 Å². The predicted molar refractivity (Wildman–Crippen MR) is 149 cm³/mol. The number of carbonyl (C=O) groups excluding carboxylic acids is 1. The summed E-state index contributed by atoms with van der Waals surface area (Å²) in [6.45, 7) is 2.63. The Morgan fingerprint density at radius 1 is 0.902 bits per heavy atom. The van der Waals surface area contributed by atoms with Crippen molar-refractivity contribution in [3.63, 3.8) is 0 Å². The molecule has 1 aliphatic rings. The van der Waals surface area contributed by atoms with E-state index in [4.69, 9.17) is 13.4 Å². The second-order valence-electron chi connectivity index (χ2n) is 8.64. The second kappa shape index (κ2) is 15.0. The number of benzene rings is 2. The Morgan fingerprint density at radius 3 is 2.17 bits per heavy atom. The minimum atomic E-state index is -1.93. The van der Waals surface area contributed by atoms with E-state index in [2.05, 4.69) is 32.8 Å². The average Bonchev–Trinajstić information content (AvgIpc) is 3.48. The molecule has 0 fully saturated rings. The van der Waals surface area contributed by atoms with Gasteiger partial charge in [-0.05, 0) is 60.9 Å². The third kappa shape index (κ3) is 9.56. The molecule has 0 atom stereocenters. The fourth-order valence-electron chi connectivity index (χ4n) is 3.90. The van der Waals surface area contributed by atoms with E-state index in [-0.39, 0.29) is 5.56 Å². The molecule has 1 N–H and O–H groups in total. The van der Waals surface area contributed by atoms with Crippen LogP contribution in [0.3, 0.4) is 0 Å². The second-order valence-corrected chi connectivity index (χ2v) is 11.4. The van der Waals surface area contributed by atoms with E-state index in [1.165, 1.54) is 12.1 Å². The van der Waals surface area contributed by atoms with Crippen LogP contribution in [0, 0.1) is 37.1 Å². The van der Waals surface area contributed by atoms with Gasteiger partial charge in [0.1, 0.15) is 46.3 Å². The minimum absolute atomic E-state index is 0.169. The van der Waals surface area contributed by atoms with Gasteiger partial charge in [-0.15, -0.1) is 0 Å². The normalized spacial score (nSPS) is 11.8. The van der Waals surface area contributed by atoms with Crippen LogP contribution >= 0.6 is 29.0 Å². The van der Waals surface area contributed by atoms with Gasteiger partial charge in [-0.1, -0.05) is 0 Å². The first kappa shape index (κ1) is 32.1. The van der Waals surface area contributed by atoms with Gasteiger partial charge >= 0.3 is 6.51 Å². The number of hydrogen-bond acceptors (Lipinski definition) is 5. The van der Waals surface area contributed by atoms with Crippen molar-refractivity contribution < 1.29 is 35.8 Å². The Balaban J connectivity index is 0.000000200. The van der Waals surface area contributed by atoms with Gasteiger partial charge in [0.15, 0.2) is 0 Å². The van der Waals surface area contributed by atoms with Crippen LogP contribution in [0.1, 0.15) is 44.5 Å². The summed E-state index contributed by atoms with van der Waals surface area (Å²) in [5.41, 5.74) is 1.50. The summed E-state index contributed by atoms with van der Waals surface area (Å²) in [6.07, 6.45) is 1.23. The van der Waals surface area contributed by atoms with Crippen LogP contribution in [0.5, 0.6) is 0 Å². The van der Waals surface area contributed by atoms with E-state index in [1.807, 2.05) is 32.0 Å². The molecule has 0 saturated heterocycles. The highest BCUT2D eigenvalue weighted by Crippen LogP contribution is 2.31. The average molecular weight is 630 g/mol. The van der Waals surface area contributed by atoms with Gasteiger partial charge < -0.3 is 14.2 Å². The summed E-state index contributed by atoms with van der Waals surface area (Å²) in [5.74, 6) is -0.189. The molecule has 1 aliphatic heterocycles. The molecule has 216 valence electrons. The van der Waals surface area contributed by atoms with Crippen LogP contribution in [-0.4, -0.2) is 24.7 Å². The number of carbonyl (C=O) groups is 1. The number of nitrogens with one attached hydrogen (secondary N) is 1. The number of aryl methyl sites for hydroxylation is 2. The fraction of sp³-hybridized carbons (Fsp3) is 0.214. The van der Waals surface area contributed by atoms with Crippen LogP contribution in [0.2, 0.25) is 0 Å². The Bertz CT molecular complexity index is 1570. The number of halogens is 6. The van der Waals surface area contributed by atoms with Gasteiger partial charge in [0.25, 0.3) is 5.91 Å². The molecule has 2 aromatic carbocycles. The highest BCUT2D eigenvalue weighted by molar-refractivity contribution is 7.95. The zero-order chi connectivity index (χ0) is 30.1. The van der Waals surface area contributed by atoms with Gasteiger partial charge in [0, 0.05) is 49.2 Å².